The van der Waals surface area contributed by atoms with Crippen molar-refractivity contribution in [3.63, 3.8) is 0 Å². The first-order valence-corrected chi connectivity index (χ1v) is 12.3. The topological polar surface area (TPSA) is 64.8 Å². The summed E-state index contributed by atoms with van der Waals surface area (Å²) in [6.45, 7) is 4.54. The quantitative estimate of drug-likeness (QED) is 0.153. The Morgan fingerprint density at radius 2 is 1.80 bits per heavy atom. The lowest BCUT2D eigenvalue weighted by molar-refractivity contribution is 0.0955. The minimum absolute atomic E-state index is 0.284. The third-order valence-corrected chi connectivity index (χ3v) is 6.25. The predicted molar refractivity (Wildman–Crippen MR) is 148 cm³/mol. The molecule has 0 aliphatic rings. The summed E-state index contributed by atoms with van der Waals surface area (Å²) >= 11 is 2.19. The zero-order chi connectivity index (χ0) is 24.8. The van der Waals surface area contributed by atoms with Crippen molar-refractivity contribution in [2.24, 2.45) is 5.10 Å². The minimum atomic E-state index is -0.284. The first kappa shape index (κ1) is 24.5. The molecule has 0 saturated carbocycles. The second-order valence-corrected chi connectivity index (χ2v) is 8.94. The molecular weight excluding hydrogens is 553 g/mol. The summed E-state index contributed by atoms with van der Waals surface area (Å²) in [5.41, 5.74) is 8.26. The maximum atomic E-state index is 12.6. The zero-order valence-electron chi connectivity index (χ0n) is 19.8. The van der Waals surface area contributed by atoms with Crippen molar-refractivity contribution in [2.45, 2.75) is 13.8 Å². The number of hydrazone groups is 1. The fraction of sp³-hybridized carbons (Fsp3) is 0.143. The van der Waals surface area contributed by atoms with E-state index in [4.69, 9.17) is 9.47 Å². The number of nitrogens with zero attached hydrogens (tertiary/aromatic N) is 2. The van der Waals surface area contributed by atoms with E-state index in [1.165, 1.54) is 0 Å². The molecule has 1 heterocycles. The summed E-state index contributed by atoms with van der Waals surface area (Å²) in [6.07, 6.45) is 1.59. The van der Waals surface area contributed by atoms with Crippen LogP contribution in [0.1, 0.15) is 28.5 Å². The van der Waals surface area contributed by atoms with Crippen molar-refractivity contribution in [2.75, 3.05) is 13.7 Å². The third-order valence-electron chi connectivity index (χ3n) is 5.45. The van der Waals surface area contributed by atoms with Gasteiger partial charge in [-0.3, -0.25) is 4.79 Å². The third kappa shape index (κ3) is 5.57. The number of methoxy groups -OCH3 is 1. The van der Waals surface area contributed by atoms with Crippen molar-refractivity contribution < 1.29 is 14.3 Å². The summed E-state index contributed by atoms with van der Waals surface area (Å²) in [7, 11) is 1.60. The van der Waals surface area contributed by atoms with Gasteiger partial charge in [-0.05, 0) is 96.1 Å². The molecule has 4 aromatic rings. The van der Waals surface area contributed by atoms with Crippen LogP contribution in [0.25, 0.3) is 16.9 Å². The second kappa shape index (κ2) is 11.2. The summed E-state index contributed by atoms with van der Waals surface area (Å²) in [4.78, 5) is 12.6. The predicted octanol–water partition coefficient (Wildman–Crippen LogP) is 6.23. The first-order valence-electron chi connectivity index (χ1n) is 11.2. The molecule has 0 spiro atoms. The fourth-order valence-electron chi connectivity index (χ4n) is 3.81. The highest BCUT2D eigenvalue weighted by Gasteiger charge is 2.12. The Hall–Kier alpha value is -3.59. The number of hydrogen-bond donors (Lipinski definition) is 1. The van der Waals surface area contributed by atoms with E-state index < -0.39 is 0 Å². The zero-order valence-corrected chi connectivity index (χ0v) is 21.9. The Bertz CT molecular complexity index is 1350. The lowest BCUT2D eigenvalue weighted by atomic mass is 10.1. The highest BCUT2D eigenvalue weighted by molar-refractivity contribution is 14.1. The van der Waals surface area contributed by atoms with E-state index in [0.717, 1.165) is 31.8 Å². The molecule has 0 fully saturated rings. The molecular formula is C28H26IN3O3. The maximum Gasteiger partial charge on any atom is 0.271 e. The Morgan fingerprint density at radius 1 is 1.06 bits per heavy atom. The number of amides is 1. The van der Waals surface area contributed by atoms with Gasteiger partial charge in [0.05, 0.1) is 29.2 Å². The van der Waals surface area contributed by atoms with E-state index in [1.807, 2.05) is 49.4 Å². The number of aryl methyl sites for hydroxylation is 1. The number of carbonyl (C=O) groups excluding carboxylic acids is 1. The largest absolute Gasteiger partial charge is 0.493 e. The van der Waals surface area contributed by atoms with Crippen LogP contribution in [0.4, 0.5) is 0 Å². The highest BCUT2D eigenvalue weighted by atomic mass is 127. The van der Waals surface area contributed by atoms with Crippen LogP contribution in [0, 0.1) is 10.5 Å². The van der Waals surface area contributed by atoms with E-state index in [-0.39, 0.29) is 5.91 Å². The first-order chi connectivity index (χ1) is 17.0. The normalized spacial score (nSPS) is 11.0. The number of nitrogens with one attached hydrogen (secondary N) is 1. The molecule has 178 valence electrons. The van der Waals surface area contributed by atoms with Crippen LogP contribution in [-0.4, -0.2) is 30.4 Å². The summed E-state index contributed by atoms with van der Waals surface area (Å²) in [6, 6.07) is 25.7. The summed E-state index contributed by atoms with van der Waals surface area (Å²) in [5.74, 6) is 1.04. The van der Waals surface area contributed by atoms with Crippen LogP contribution in [-0.2, 0) is 0 Å². The lowest BCUT2D eigenvalue weighted by Gasteiger charge is -2.13. The van der Waals surface area contributed by atoms with E-state index in [1.54, 1.807) is 25.5 Å². The number of rotatable bonds is 8. The number of aromatic nitrogens is 1. The van der Waals surface area contributed by atoms with Gasteiger partial charge in [0, 0.05) is 16.9 Å². The molecule has 0 radical (unpaired) electrons. The SMILES string of the molecule is CCOc1c(I)cc(/C=N\NC(=O)c2ccc(-n3c(C)ccc3-c3ccccc3)cc2)cc1OC. The van der Waals surface area contributed by atoms with Crippen molar-refractivity contribution in [1.29, 1.82) is 0 Å². The van der Waals surface area contributed by atoms with Crippen LogP contribution >= 0.6 is 22.6 Å². The van der Waals surface area contributed by atoms with E-state index in [9.17, 15) is 4.79 Å². The van der Waals surface area contributed by atoms with Gasteiger partial charge >= 0.3 is 0 Å². The number of benzene rings is 3. The molecule has 35 heavy (non-hydrogen) atoms. The minimum Gasteiger partial charge on any atom is -0.493 e. The smallest absolute Gasteiger partial charge is 0.271 e. The van der Waals surface area contributed by atoms with Gasteiger partial charge in [0.15, 0.2) is 11.5 Å². The van der Waals surface area contributed by atoms with Gasteiger partial charge < -0.3 is 14.0 Å². The average Bonchev–Trinajstić information content (AvgIpc) is 3.27. The van der Waals surface area contributed by atoms with Crippen molar-refractivity contribution >= 4 is 34.7 Å². The summed E-state index contributed by atoms with van der Waals surface area (Å²) < 4.78 is 14.1. The van der Waals surface area contributed by atoms with Gasteiger partial charge in [0.2, 0.25) is 0 Å². The number of ether oxygens (including phenoxy) is 2. The molecule has 0 aliphatic heterocycles. The number of hydrogen-bond acceptors (Lipinski definition) is 4. The number of carbonyl (C=O) groups is 1. The molecule has 1 aromatic heterocycles. The van der Waals surface area contributed by atoms with Gasteiger partial charge in [-0.15, -0.1) is 0 Å². The van der Waals surface area contributed by atoms with Crippen molar-refractivity contribution in [3.05, 3.63) is 99.3 Å². The Morgan fingerprint density at radius 3 is 2.49 bits per heavy atom. The summed E-state index contributed by atoms with van der Waals surface area (Å²) in [5, 5.41) is 4.12. The molecule has 4 rings (SSSR count). The van der Waals surface area contributed by atoms with Crippen LogP contribution in [0.15, 0.2) is 84.0 Å². The fourth-order valence-corrected chi connectivity index (χ4v) is 4.59. The molecule has 0 aliphatic carbocycles. The van der Waals surface area contributed by atoms with Crippen LogP contribution < -0.4 is 14.9 Å². The maximum absolute atomic E-state index is 12.6. The molecule has 1 N–H and O–H groups in total. The molecule has 3 aromatic carbocycles. The second-order valence-electron chi connectivity index (χ2n) is 7.77. The highest BCUT2D eigenvalue weighted by Crippen LogP contribution is 2.33. The standard InChI is InChI=1S/C28H26IN3O3/c1-4-35-27-24(29)16-20(17-26(27)34-3)18-30-31-28(33)22-11-13-23(14-12-22)32-19(2)10-15-25(32)21-8-6-5-7-9-21/h5-18H,4H2,1-3H3,(H,31,33)/b30-18-. The van der Waals surface area contributed by atoms with E-state index >= 15 is 0 Å². The number of halogens is 1. The van der Waals surface area contributed by atoms with Crippen molar-refractivity contribution in [3.8, 4) is 28.4 Å². The Balaban J connectivity index is 1.48. The molecule has 0 bridgehead atoms. The van der Waals surface area contributed by atoms with Crippen LogP contribution in [0.2, 0.25) is 0 Å². The molecule has 0 atom stereocenters. The van der Waals surface area contributed by atoms with Gasteiger partial charge in [0.25, 0.3) is 5.91 Å². The molecule has 6 nitrogen and oxygen atoms in total. The Kier molecular flexibility index (Phi) is 7.87. The van der Waals surface area contributed by atoms with Gasteiger partial charge in [-0.25, -0.2) is 5.43 Å². The lowest BCUT2D eigenvalue weighted by Crippen LogP contribution is -2.17. The van der Waals surface area contributed by atoms with Gasteiger partial charge in [-0.1, -0.05) is 30.3 Å². The van der Waals surface area contributed by atoms with Gasteiger partial charge in [0.1, 0.15) is 0 Å². The van der Waals surface area contributed by atoms with Crippen molar-refractivity contribution in [1.82, 2.24) is 9.99 Å². The van der Waals surface area contributed by atoms with Gasteiger partial charge in [-0.2, -0.15) is 5.10 Å². The Labute approximate surface area is 218 Å². The van der Waals surface area contributed by atoms with E-state index in [2.05, 4.69) is 68.9 Å². The molecule has 0 unspecified atom stereocenters. The molecule has 7 heteroatoms. The molecule has 1 amide bonds. The van der Waals surface area contributed by atoms with E-state index in [0.29, 0.717) is 23.7 Å². The average molecular weight is 579 g/mol. The molecule has 0 saturated heterocycles. The van der Waals surface area contributed by atoms with Crippen LogP contribution in [0.3, 0.4) is 0 Å². The monoisotopic (exact) mass is 579 g/mol. The van der Waals surface area contributed by atoms with Crippen LogP contribution in [0.5, 0.6) is 11.5 Å².